The van der Waals surface area contributed by atoms with Gasteiger partial charge in [0.05, 0.1) is 11.5 Å². The van der Waals surface area contributed by atoms with E-state index in [-0.39, 0.29) is 21.8 Å². The summed E-state index contributed by atoms with van der Waals surface area (Å²) in [4.78, 5) is 12.8. The van der Waals surface area contributed by atoms with E-state index in [4.69, 9.17) is 27.9 Å². The summed E-state index contributed by atoms with van der Waals surface area (Å²) < 4.78 is 5.18. The number of ether oxygens (including phenoxy) is 1. The minimum Gasteiger partial charge on any atom is -0.472 e. The van der Waals surface area contributed by atoms with Gasteiger partial charge >= 0.3 is 5.70 Å². The fourth-order valence-corrected chi connectivity index (χ4v) is 2.87. The first-order chi connectivity index (χ1) is 9.61. The second kappa shape index (κ2) is 7.04. The maximum Gasteiger partial charge on any atom is 0.353 e. The average Bonchev–Trinajstić information content (AvgIpc) is 2.77. The van der Waals surface area contributed by atoms with Gasteiger partial charge in [-0.15, -0.1) is 0 Å². The zero-order chi connectivity index (χ0) is 14.5. The first kappa shape index (κ1) is 15.3. The number of nitrogens with one attached hydrogen (secondary N) is 1. The molecule has 0 amide bonds. The van der Waals surface area contributed by atoms with Crippen LogP contribution in [0, 0.1) is 10.1 Å². The fourth-order valence-electron chi connectivity index (χ4n) is 2.45. The van der Waals surface area contributed by atoms with Gasteiger partial charge in [-0.05, 0) is 12.8 Å². The molecule has 2 heterocycles. The van der Waals surface area contributed by atoms with E-state index in [2.05, 4.69) is 5.32 Å². The van der Waals surface area contributed by atoms with Crippen molar-refractivity contribution in [2.45, 2.75) is 25.7 Å². The van der Waals surface area contributed by atoms with E-state index >= 15 is 0 Å². The Morgan fingerprint density at radius 1 is 1.25 bits per heavy atom. The number of hydrogen-bond donors (Lipinski definition) is 1. The predicted octanol–water partition coefficient (Wildman–Crippen LogP) is 2.57. The van der Waals surface area contributed by atoms with E-state index in [1.165, 1.54) is 0 Å². The summed E-state index contributed by atoms with van der Waals surface area (Å²) in [5, 5.41) is 14.3. The van der Waals surface area contributed by atoms with Crippen LogP contribution in [0.15, 0.2) is 21.8 Å². The highest BCUT2D eigenvalue weighted by Crippen LogP contribution is 2.30. The minimum absolute atomic E-state index is 0.0941. The molecular formula is C12H17Cl2N3O3. The number of rotatable bonds is 3. The number of hydrogen-bond acceptors (Lipinski definition) is 5. The van der Waals surface area contributed by atoms with Crippen LogP contribution < -0.4 is 5.32 Å². The van der Waals surface area contributed by atoms with Gasteiger partial charge < -0.3 is 15.0 Å². The molecule has 0 aliphatic carbocycles. The Morgan fingerprint density at radius 3 is 2.35 bits per heavy atom. The normalized spacial score (nSPS) is 21.6. The summed E-state index contributed by atoms with van der Waals surface area (Å²) in [5.74, 6) is 0.146. The summed E-state index contributed by atoms with van der Waals surface area (Å²) in [7, 11) is 0. The van der Waals surface area contributed by atoms with Crippen LogP contribution in [0.5, 0.6) is 0 Å². The summed E-state index contributed by atoms with van der Waals surface area (Å²) in [6.45, 7) is 2.37. The number of halogens is 2. The molecule has 1 N–H and O–H groups in total. The Bertz CT molecular complexity index is 431. The van der Waals surface area contributed by atoms with Crippen LogP contribution in [0.1, 0.15) is 25.7 Å². The summed E-state index contributed by atoms with van der Waals surface area (Å²) in [5.41, 5.74) is 0.0778. The summed E-state index contributed by atoms with van der Waals surface area (Å²) in [6, 6.07) is 0. The van der Waals surface area contributed by atoms with Gasteiger partial charge in [-0.2, -0.15) is 0 Å². The Kier molecular flexibility index (Phi) is 5.37. The number of nitrogens with zero attached hydrogens (tertiary/aromatic N) is 2. The Balaban J connectivity index is 2.38. The van der Waals surface area contributed by atoms with Crippen LogP contribution in [-0.2, 0) is 4.74 Å². The highest BCUT2D eigenvalue weighted by molar-refractivity contribution is 6.56. The molecule has 20 heavy (non-hydrogen) atoms. The van der Waals surface area contributed by atoms with Gasteiger partial charge in [0.15, 0.2) is 5.70 Å². The molecule has 112 valence electrons. The summed E-state index contributed by atoms with van der Waals surface area (Å²) in [6.07, 6.45) is 4.17. The Labute approximate surface area is 127 Å². The van der Waals surface area contributed by atoms with E-state index in [1.54, 1.807) is 0 Å². The molecule has 2 fully saturated rings. The van der Waals surface area contributed by atoms with Crippen molar-refractivity contribution >= 4 is 23.2 Å². The van der Waals surface area contributed by atoms with Crippen molar-refractivity contribution in [3.05, 3.63) is 31.9 Å². The van der Waals surface area contributed by atoms with Crippen LogP contribution in [0.4, 0.5) is 0 Å². The molecule has 0 atom stereocenters. The quantitative estimate of drug-likeness (QED) is 0.639. The molecule has 0 radical (unpaired) electrons. The van der Waals surface area contributed by atoms with Crippen LogP contribution in [0.25, 0.3) is 0 Å². The third kappa shape index (κ3) is 3.49. The third-order valence-corrected chi connectivity index (χ3v) is 3.72. The van der Waals surface area contributed by atoms with Crippen molar-refractivity contribution in [2.75, 3.05) is 26.2 Å². The molecule has 8 heteroatoms. The highest BCUT2D eigenvalue weighted by atomic mass is 35.5. The molecule has 0 aromatic carbocycles. The Hall–Kier alpha value is -1.14. The number of nitro groups is 1. The SMILES string of the molecule is O=[N+]([O-])/C(C(=C(Cl)Cl)N1CCCCCC1)=C1\NCCO1. The lowest BCUT2D eigenvalue weighted by Crippen LogP contribution is -2.29. The van der Waals surface area contributed by atoms with Gasteiger partial charge in [0.25, 0.3) is 5.88 Å². The molecule has 2 rings (SSSR count). The maximum absolute atomic E-state index is 11.4. The lowest BCUT2D eigenvalue weighted by atomic mass is 10.2. The van der Waals surface area contributed by atoms with Crippen molar-refractivity contribution in [1.82, 2.24) is 10.2 Å². The molecule has 0 bridgehead atoms. The number of likely N-dealkylation sites (tertiary alicyclic amines) is 1. The second-order valence-corrected chi connectivity index (χ2v) is 5.67. The maximum atomic E-state index is 11.4. The van der Waals surface area contributed by atoms with Gasteiger partial charge in [0, 0.05) is 13.1 Å². The smallest absolute Gasteiger partial charge is 0.353 e. The minimum atomic E-state index is -0.487. The van der Waals surface area contributed by atoms with E-state index < -0.39 is 4.92 Å². The summed E-state index contributed by atoms with van der Waals surface area (Å²) >= 11 is 11.9. The lowest BCUT2D eigenvalue weighted by Gasteiger charge is -2.24. The molecule has 2 aliphatic rings. The van der Waals surface area contributed by atoms with E-state index in [0.717, 1.165) is 25.7 Å². The Morgan fingerprint density at radius 2 is 1.90 bits per heavy atom. The van der Waals surface area contributed by atoms with Crippen molar-refractivity contribution in [2.24, 2.45) is 0 Å². The van der Waals surface area contributed by atoms with Crippen LogP contribution in [0.3, 0.4) is 0 Å². The molecule has 2 saturated heterocycles. The molecule has 2 aliphatic heterocycles. The van der Waals surface area contributed by atoms with Crippen LogP contribution >= 0.6 is 23.2 Å². The second-order valence-electron chi connectivity index (χ2n) is 4.72. The van der Waals surface area contributed by atoms with E-state index in [0.29, 0.717) is 26.2 Å². The van der Waals surface area contributed by atoms with Crippen molar-refractivity contribution in [3.8, 4) is 0 Å². The van der Waals surface area contributed by atoms with E-state index in [1.807, 2.05) is 4.90 Å². The van der Waals surface area contributed by atoms with Gasteiger partial charge in [0.2, 0.25) is 0 Å². The lowest BCUT2D eigenvalue weighted by molar-refractivity contribution is -0.426. The first-order valence-electron chi connectivity index (χ1n) is 6.67. The predicted molar refractivity (Wildman–Crippen MR) is 76.7 cm³/mol. The molecule has 0 aromatic rings. The zero-order valence-corrected chi connectivity index (χ0v) is 12.5. The largest absolute Gasteiger partial charge is 0.472 e. The molecule has 0 aromatic heterocycles. The highest BCUT2D eigenvalue weighted by Gasteiger charge is 2.33. The average molecular weight is 322 g/mol. The molecule has 0 spiro atoms. The monoisotopic (exact) mass is 321 g/mol. The molecule has 0 saturated carbocycles. The van der Waals surface area contributed by atoms with Crippen molar-refractivity contribution < 1.29 is 9.66 Å². The topological polar surface area (TPSA) is 67.6 Å². The first-order valence-corrected chi connectivity index (χ1v) is 7.43. The van der Waals surface area contributed by atoms with Crippen LogP contribution in [-0.4, -0.2) is 36.1 Å². The van der Waals surface area contributed by atoms with Crippen molar-refractivity contribution in [1.29, 1.82) is 0 Å². The fraction of sp³-hybridized carbons (Fsp3) is 0.667. The molecule has 6 nitrogen and oxygen atoms in total. The van der Waals surface area contributed by atoms with Crippen LogP contribution in [0.2, 0.25) is 0 Å². The third-order valence-electron chi connectivity index (χ3n) is 3.36. The van der Waals surface area contributed by atoms with Gasteiger partial charge in [-0.3, -0.25) is 10.1 Å². The van der Waals surface area contributed by atoms with Crippen molar-refractivity contribution in [3.63, 3.8) is 0 Å². The van der Waals surface area contributed by atoms with Gasteiger partial charge in [-0.25, -0.2) is 0 Å². The zero-order valence-electron chi connectivity index (χ0n) is 11.0. The molecule has 0 unspecified atom stereocenters. The standard InChI is InChI=1S/C12H17Cl2N3O3/c13-11(14)9(16-6-3-1-2-4-7-16)10(17(18)19)12-15-5-8-20-12/h15H,1-8H2/b12-10+. The molecular weight excluding hydrogens is 305 g/mol. The van der Waals surface area contributed by atoms with Gasteiger partial charge in [0.1, 0.15) is 11.1 Å². The van der Waals surface area contributed by atoms with E-state index in [9.17, 15) is 10.1 Å². The van der Waals surface area contributed by atoms with Gasteiger partial charge in [-0.1, -0.05) is 36.0 Å².